The van der Waals surface area contributed by atoms with Gasteiger partial charge in [-0.2, -0.15) is 0 Å². The van der Waals surface area contributed by atoms with E-state index in [4.69, 9.17) is 0 Å². The predicted octanol–water partition coefficient (Wildman–Crippen LogP) is 2.47. The van der Waals surface area contributed by atoms with Gasteiger partial charge in [0.1, 0.15) is 0 Å². The molecule has 3 atom stereocenters. The van der Waals surface area contributed by atoms with Gasteiger partial charge in [0, 0.05) is 18.1 Å². The van der Waals surface area contributed by atoms with Crippen LogP contribution in [0.2, 0.25) is 0 Å². The topological polar surface area (TPSA) is 66.0 Å². The van der Waals surface area contributed by atoms with Crippen LogP contribution in [0.1, 0.15) is 29.8 Å². The lowest BCUT2D eigenvalue weighted by Crippen LogP contribution is -2.50. The van der Waals surface area contributed by atoms with Crippen molar-refractivity contribution in [2.75, 3.05) is 12.3 Å². The monoisotopic (exact) mass is 370 g/mol. The Morgan fingerprint density at radius 3 is 2.92 bits per heavy atom. The third-order valence-electron chi connectivity index (χ3n) is 4.38. The summed E-state index contributed by atoms with van der Waals surface area (Å²) >= 11 is 1.75. The summed E-state index contributed by atoms with van der Waals surface area (Å²) in [5.74, 6) is 0.818. The van der Waals surface area contributed by atoms with Gasteiger partial charge in [0.2, 0.25) is 5.91 Å². The molecule has 0 spiro atoms. The normalized spacial score (nSPS) is 20.7. The van der Waals surface area contributed by atoms with E-state index >= 15 is 0 Å². The number of pyridine rings is 1. The van der Waals surface area contributed by atoms with Gasteiger partial charge in [-0.25, -0.2) is 0 Å². The van der Waals surface area contributed by atoms with Crippen LogP contribution in [0, 0.1) is 0 Å². The van der Waals surface area contributed by atoms with Crippen molar-refractivity contribution in [3.05, 3.63) is 66.0 Å². The molecule has 138 valence electrons. The van der Waals surface area contributed by atoms with E-state index < -0.39 is 0 Å². The Labute approximate surface area is 159 Å². The highest BCUT2D eigenvalue weighted by molar-refractivity contribution is 7.99. The van der Waals surface area contributed by atoms with Crippen LogP contribution >= 0.6 is 11.8 Å². The first kappa shape index (κ1) is 18.9. The van der Waals surface area contributed by atoms with Crippen molar-refractivity contribution in [3.63, 3.8) is 0 Å². The van der Waals surface area contributed by atoms with Crippen LogP contribution in [0.3, 0.4) is 0 Å². The Bertz CT molecular complexity index is 683. The Morgan fingerprint density at radius 2 is 2.15 bits per heavy atom. The molecule has 0 radical (unpaired) electrons. The number of hydrogen-bond acceptors (Lipinski definition) is 5. The molecule has 0 bridgehead atoms. The lowest BCUT2D eigenvalue weighted by Gasteiger charge is -2.19. The fourth-order valence-corrected chi connectivity index (χ4v) is 4.19. The van der Waals surface area contributed by atoms with Crippen LogP contribution in [0.4, 0.5) is 0 Å². The lowest BCUT2D eigenvalue weighted by atomic mass is 10.1. The number of carbonyl (C=O) groups is 1. The molecule has 1 aromatic carbocycles. The number of nitrogens with zero attached hydrogens (tertiary/aromatic N) is 1. The van der Waals surface area contributed by atoms with Gasteiger partial charge in [-0.3, -0.25) is 20.4 Å². The van der Waals surface area contributed by atoms with Crippen molar-refractivity contribution >= 4 is 17.7 Å². The van der Waals surface area contributed by atoms with Crippen LogP contribution in [-0.4, -0.2) is 35.4 Å². The molecule has 1 aliphatic rings. The molecule has 1 saturated heterocycles. The minimum atomic E-state index is -0.168. The van der Waals surface area contributed by atoms with Gasteiger partial charge in [-0.05, 0) is 43.5 Å². The summed E-state index contributed by atoms with van der Waals surface area (Å²) in [6.07, 6.45) is 5.66. The van der Waals surface area contributed by atoms with Crippen LogP contribution in [0.25, 0.3) is 0 Å². The summed E-state index contributed by atoms with van der Waals surface area (Å²) in [6, 6.07) is 14.3. The highest BCUT2D eigenvalue weighted by atomic mass is 32.2. The second-order valence-corrected chi connectivity index (χ2v) is 7.63. The Kier molecular flexibility index (Phi) is 7.05. The van der Waals surface area contributed by atoms with Crippen LogP contribution in [0.15, 0.2) is 54.9 Å². The van der Waals surface area contributed by atoms with Crippen molar-refractivity contribution < 1.29 is 4.79 Å². The summed E-state index contributed by atoms with van der Waals surface area (Å²) in [5.41, 5.74) is 2.46. The molecule has 1 amide bonds. The van der Waals surface area contributed by atoms with E-state index in [9.17, 15) is 4.79 Å². The number of aryl methyl sites for hydroxylation is 1. The Balaban J connectivity index is 1.35. The standard InChI is InChI=1S/C20H26N4OS/c1-15(22-12-5-9-16-7-3-2-4-8-16)23-19(25)18-14-26-20(24-18)17-10-6-11-21-13-17/h2-4,6-8,10-11,13,15,18,20,22,24H,5,9,12,14H2,1H3,(H,23,25). The Hall–Kier alpha value is -1.89. The highest BCUT2D eigenvalue weighted by Crippen LogP contribution is 2.32. The first-order valence-corrected chi connectivity index (χ1v) is 10.1. The molecule has 1 aromatic heterocycles. The van der Waals surface area contributed by atoms with Gasteiger partial charge in [-0.15, -0.1) is 11.8 Å². The molecular formula is C20H26N4OS. The first-order chi connectivity index (χ1) is 12.7. The number of carbonyl (C=O) groups excluding carboxylic acids is 1. The molecule has 2 heterocycles. The van der Waals surface area contributed by atoms with Crippen molar-refractivity contribution in [1.82, 2.24) is 20.9 Å². The largest absolute Gasteiger partial charge is 0.340 e. The van der Waals surface area contributed by atoms with Gasteiger partial charge in [0.15, 0.2) is 0 Å². The number of thioether (sulfide) groups is 1. The number of hydrogen-bond donors (Lipinski definition) is 3. The molecule has 2 aromatic rings. The number of nitrogens with one attached hydrogen (secondary N) is 3. The summed E-state index contributed by atoms with van der Waals surface area (Å²) in [6.45, 7) is 2.86. The average Bonchev–Trinajstić information content (AvgIpc) is 3.17. The average molecular weight is 371 g/mol. The van der Waals surface area contributed by atoms with E-state index in [1.807, 2.05) is 31.3 Å². The van der Waals surface area contributed by atoms with Gasteiger partial charge < -0.3 is 5.32 Å². The molecule has 0 aliphatic carbocycles. The maximum atomic E-state index is 12.4. The SMILES string of the molecule is CC(NCCCc1ccccc1)NC(=O)C1CSC(c2cccnc2)N1. The zero-order valence-corrected chi connectivity index (χ0v) is 15.8. The van der Waals surface area contributed by atoms with Crippen molar-refractivity contribution in [3.8, 4) is 0 Å². The van der Waals surface area contributed by atoms with Crippen LogP contribution < -0.4 is 16.0 Å². The molecule has 1 aliphatic heterocycles. The zero-order chi connectivity index (χ0) is 18.2. The number of amides is 1. The molecule has 0 saturated carbocycles. The predicted molar refractivity (Wildman–Crippen MR) is 107 cm³/mol. The van der Waals surface area contributed by atoms with E-state index in [1.54, 1.807) is 18.0 Å². The van der Waals surface area contributed by atoms with Gasteiger partial charge in [0.05, 0.1) is 17.6 Å². The minimum absolute atomic E-state index is 0.0393. The van der Waals surface area contributed by atoms with Crippen molar-refractivity contribution in [2.45, 2.75) is 37.3 Å². The van der Waals surface area contributed by atoms with E-state index in [0.29, 0.717) is 0 Å². The van der Waals surface area contributed by atoms with Gasteiger partial charge in [0.25, 0.3) is 0 Å². The molecule has 3 N–H and O–H groups in total. The van der Waals surface area contributed by atoms with E-state index in [2.05, 4.69) is 45.2 Å². The van der Waals surface area contributed by atoms with Crippen molar-refractivity contribution in [2.24, 2.45) is 0 Å². The molecule has 26 heavy (non-hydrogen) atoms. The second-order valence-electron chi connectivity index (χ2n) is 6.49. The highest BCUT2D eigenvalue weighted by Gasteiger charge is 2.30. The quantitative estimate of drug-likeness (QED) is 0.492. The van der Waals surface area contributed by atoms with Crippen molar-refractivity contribution in [1.29, 1.82) is 0 Å². The van der Waals surface area contributed by atoms with E-state index in [0.717, 1.165) is 30.7 Å². The number of rotatable bonds is 8. The maximum Gasteiger partial charge on any atom is 0.239 e. The maximum absolute atomic E-state index is 12.4. The van der Waals surface area contributed by atoms with E-state index in [-0.39, 0.29) is 23.5 Å². The fraction of sp³-hybridized carbons (Fsp3) is 0.400. The molecule has 3 rings (SSSR count). The summed E-state index contributed by atoms with van der Waals surface area (Å²) < 4.78 is 0. The Morgan fingerprint density at radius 1 is 1.31 bits per heavy atom. The minimum Gasteiger partial charge on any atom is -0.340 e. The molecule has 5 nitrogen and oxygen atoms in total. The third kappa shape index (κ3) is 5.56. The summed E-state index contributed by atoms with van der Waals surface area (Å²) in [5, 5.41) is 9.94. The fourth-order valence-electron chi connectivity index (χ4n) is 2.97. The molecular weight excluding hydrogens is 344 g/mol. The van der Waals surface area contributed by atoms with E-state index in [1.165, 1.54) is 5.56 Å². The lowest BCUT2D eigenvalue weighted by molar-refractivity contribution is -0.123. The second kappa shape index (κ2) is 9.71. The van der Waals surface area contributed by atoms with Crippen LogP contribution in [0.5, 0.6) is 0 Å². The zero-order valence-electron chi connectivity index (χ0n) is 15.0. The first-order valence-electron chi connectivity index (χ1n) is 9.07. The third-order valence-corrected chi connectivity index (χ3v) is 5.65. The summed E-state index contributed by atoms with van der Waals surface area (Å²) in [7, 11) is 0. The molecule has 3 unspecified atom stereocenters. The van der Waals surface area contributed by atoms with Gasteiger partial charge in [-0.1, -0.05) is 36.4 Å². The smallest absolute Gasteiger partial charge is 0.239 e. The number of aromatic nitrogens is 1. The van der Waals surface area contributed by atoms with Gasteiger partial charge >= 0.3 is 0 Å². The summed E-state index contributed by atoms with van der Waals surface area (Å²) in [4.78, 5) is 16.6. The molecule has 1 fully saturated rings. The molecule has 6 heteroatoms. The van der Waals surface area contributed by atoms with Crippen LogP contribution in [-0.2, 0) is 11.2 Å². The number of benzene rings is 1.